The Kier molecular flexibility index (Phi) is 7.54. The summed E-state index contributed by atoms with van der Waals surface area (Å²) < 4.78 is 22.5. The van der Waals surface area contributed by atoms with Crippen molar-refractivity contribution in [2.75, 3.05) is 5.32 Å². The Bertz CT molecular complexity index is 959. The van der Waals surface area contributed by atoms with Gasteiger partial charge in [-0.25, -0.2) is 0 Å². The van der Waals surface area contributed by atoms with Crippen LogP contribution >= 0.6 is 26.8 Å². The van der Waals surface area contributed by atoms with Gasteiger partial charge < -0.3 is 24.9 Å². The summed E-state index contributed by atoms with van der Waals surface area (Å²) in [5.41, 5.74) is 0.963. The molecular weight excluding hydrogens is 444 g/mol. The average molecular weight is 462 g/mol. The first-order valence-electron chi connectivity index (χ1n) is 8.18. The lowest BCUT2D eigenvalue weighted by atomic mass is 10.1. The highest BCUT2D eigenvalue weighted by molar-refractivity contribution is 7.70. The molecule has 156 valence electrons. The SMILES string of the molecule is O=C(CCC(P(=O)(O)O)P(=O)(O)O)c1ccc(NC(=O)c2ccc(Cl)cc2)cc1. The van der Waals surface area contributed by atoms with E-state index in [1.165, 1.54) is 24.3 Å². The van der Waals surface area contributed by atoms with Crippen LogP contribution in [0.25, 0.3) is 0 Å². The van der Waals surface area contributed by atoms with Gasteiger partial charge in [0, 0.05) is 28.3 Å². The normalized spacial score (nSPS) is 12.1. The second kappa shape index (κ2) is 9.32. The lowest BCUT2D eigenvalue weighted by molar-refractivity contribution is 0.0979. The van der Waals surface area contributed by atoms with Crippen molar-refractivity contribution in [1.29, 1.82) is 0 Å². The van der Waals surface area contributed by atoms with Crippen LogP contribution < -0.4 is 5.32 Å². The van der Waals surface area contributed by atoms with Gasteiger partial charge in [0.15, 0.2) is 11.2 Å². The molecule has 2 aromatic rings. The number of hydrogen-bond acceptors (Lipinski definition) is 4. The number of benzene rings is 2. The van der Waals surface area contributed by atoms with Crippen LogP contribution in [-0.4, -0.2) is 36.7 Å². The first-order chi connectivity index (χ1) is 13.4. The Labute approximate surface area is 171 Å². The van der Waals surface area contributed by atoms with Crippen molar-refractivity contribution in [2.45, 2.75) is 18.2 Å². The molecule has 0 bridgehead atoms. The zero-order chi connectivity index (χ0) is 21.8. The maximum atomic E-state index is 12.2. The molecule has 0 unspecified atom stereocenters. The molecule has 0 aliphatic carbocycles. The lowest BCUT2D eigenvalue weighted by Gasteiger charge is -2.19. The van der Waals surface area contributed by atoms with Gasteiger partial charge in [-0.2, -0.15) is 0 Å². The van der Waals surface area contributed by atoms with E-state index in [4.69, 9.17) is 31.2 Å². The van der Waals surface area contributed by atoms with Crippen molar-refractivity contribution in [3.8, 4) is 0 Å². The summed E-state index contributed by atoms with van der Waals surface area (Å²) in [5, 5.41) is 0.899. The predicted octanol–water partition coefficient (Wildman–Crippen LogP) is 3.24. The Morgan fingerprint density at radius 2 is 1.34 bits per heavy atom. The predicted molar refractivity (Wildman–Crippen MR) is 107 cm³/mol. The van der Waals surface area contributed by atoms with Gasteiger partial charge in [-0.1, -0.05) is 11.6 Å². The largest absolute Gasteiger partial charge is 0.340 e. The molecule has 2 aromatic carbocycles. The third kappa shape index (κ3) is 6.87. The first kappa shape index (κ1) is 23.4. The first-order valence-corrected chi connectivity index (χ1v) is 11.9. The molecule has 0 atom stereocenters. The lowest BCUT2D eigenvalue weighted by Crippen LogP contribution is -2.13. The van der Waals surface area contributed by atoms with E-state index in [-0.39, 0.29) is 11.5 Å². The van der Waals surface area contributed by atoms with E-state index >= 15 is 0 Å². The van der Waals surface area contributed by atoms with E-state index in [1.54, 1.807) is 24.3 Å². The summed E-state index contributed by atoms with van der Waals surface area (Å²) in [6, 6.07) is 12.0. The standard InChI is InChI=1S/C17H18ClNO8P2/c18-13-5-1-12(2-6-13)17(21)19-14-7-3-11(4-8-14)15(20)9-10-16(28(22,23)24)29(25,26)27/h1-8,16H,9-10H2,(H,19,21)(H2,22,23,24)(H2,25,26,27). The van der Waals surface area contributed by atoms with Gasteiger partial charge in [0.1, 0.15) is 0 Å². The summed E-state index contributed by atoms with van der Waals surface area (Å²) in [6.45, 7) is 0. The van der Waals surface area contributed by atoms with Gasteiger partial charge >= 0.3 is 15.2 Å². The van der Waals surface area contributed by atoms with Gasteiger partial charge in [0.05, 0.1) is 0 Å². The van der Waals surface area contributed by atoms with Gasteiger partial charge in [-0.05, 0) is 55.0 Å². The molecule has 29 heavy (non-hydrogen) atoms. The van der Waals surface area contributed by atoms with Crippen molar-refractivity contribution in [3.05, 3.63) is 64.7 Å². The molecule has 0 saturated heterocycles. The third-order valence-corrected chi connectivity index (χ3v) is 8.10. The summed E-state index contributed by atoms with van der Waals surface area (Å²) >= 11 is 5.77. The van der Waals surface area contributed by atoms with Crippen LogP contribution in [0.5, 0.6) is 0 Å². The van der Waals surface area contributed by atoms with E-state index < -0.39 is 39.2 Å². The Balaban J connectivity index is 2.01. The fraction of sp³-hybridized carbons (Fsp3) is 0.176. The van der Waals surface area contributed by atoms with E-state index in [1.807, 2.05) is 0 Å². The minimum atomic E-state index is -5.07. The molecule has 5 N–H and O–H groups in total. The quantitative estimate of drug-likeness (QED) is 0.295. The van der Waals surface area contributed by atoms with Gasteiger partial charge in [0.25, 0.3) is 5.91 Å². The monoisotopic (exact) mass is 461 g/mol. The number of Topliss-reactive ketones (excluding diaryl/α,β-unsaturated/α-hetero) is 1. The van der Waals surface area contributed by atoms with Crippen molar-refractivity contribution in [3.63, 3.8) is 0 Å². The second-order valence-electron chi connectivity index (χ2n) is 6.16. The molecule has 0 heterocycles. The number of carbonyl (C=O) groups is 2. The van der Waals surface area contributed by atoms with E-state index in [0.717, 1.165) is 0 Å². The number of carbonyl (C=O) groups excluding carboxylic acids is 2. The number of hydrogen-bond donors (Lipinski definition) is 5. The minimum Gasteiger partial charge on any atom is -0.324 e. The van der Waals surface area contributed by atoms with Crippen LogP contribution in [0.15, 0.2) is 48.5 Å². The number of nitrogens with one attached hydrogen (secondary N) is 1. The van der Waals surface area contributed by atoms with Crippen LogP contribution in [0, 0.1) is 0 Å². The van der Waals surface area contributed by atoms with Crippen LogP contribution in [0.2, 0.25) is 5.02 Å². The molecule has 0 saturated carbocycles. The summed E-state index contributed by atoms with van der Waals surface area (Å²) in [7, 11) is -10.1. The smallest absolute Gasteiger partial charge is 0.324 e. The number of halogens is 1. The van der Waals surface area contributed by atoms with Crippen LogP contribution in [0.3, 0.4) is 0 Å². The topological polar surface area (TPSA) is 161 Å². The average Bonchev–Trinajstić information content (AvgIpc) is 2.60. The molecule has 0 aromatic heterocycles. The van der Waals surface area contributed by atoms with Crippen molar-refractivity contribution in [2.24, 2.45) is 0 Å². The van der Waals surface area contributed by atoms with Crippen LogP contribution in [-0.2, 0) is 9.13 Å². The zero-order valence-corrected chi connectivity index (χ0v) is 17.3. The maximum absolute atomic E-state index is 12.2. The van der Waals surface area contributed by atoms with Gasteiger partial charge in [-0.15, -0.1) is 0 Å². The minimum absolute atomic E-state index is 0.171. The molecule has 9 nitrogen and oxygen atoms in total. The molecule has 0 fully saturated rings. The van der Waals surface area contributed by atoms with Crippen molar-refractivity contribution >= 4 is 44.2 Å². The van der Waals surface area contributed by atoms with Crippen LogP contribution in [0.4, 0.5) is 5.69 Å². The molecule has 2 rings (SSSR count). The molecular formula is C17H18ClNO8P2. The highest BCUT2D eigenvalue weighted by atomic mass is 35.5. The Hall–Kier alpha value is -1.83. The number of rotatable bonds is 8. The molecule has 12 heteroatoms. The number of anilines is 1. The van der Waals surface area contributed by atoms with Gasteiger partial charge in [-0.3, -0.25) is 18.7 Å². The van der Waals surface area contributed by atoms with Crippen LogP contribution in [0.1, 0.15) is 33.6 Å². The highest BCUT2D eigenvalue weighted by Gasteiger charge is 2.43. The fourth-order valence-electron chi connectivity index (χ4n) is 2.48. The highest BCUT2D eigenvalue weighted by Crippen LogP contribution is 2.61. The summed E-state index contributed by atoms with van der Waals surface area (Å²) in [5.74, 6) is -0.931. The third-order valence-electron chi connectivity index (χ3n) is 3.98. The molecule has 1 amide bonds. The molecule has 0 radical (unpaired) electrons. The second-order valence-corrected chi connectivity index (χ2v) is 10.6. The van der Waals surface area contributed by atoms with Gasteiger partial charge in [0.2, 0.25) is 0 Å². The fourth-order valence-corrected chi connectivity index (χ4v) is 5.11. The van der Waals surface area contributed by atoms with E-state index in [0.29, 0.717) is 16.3 Å². The van der Waals surface area contributed by atoms with E-state index in [9.17, 15) is 18.7 Å². The van der Waals surface area contributed by atoms with Crippen molar-refractivity contribution in [1.82, 2.24) is 0 Å². The zero-order valence-electron chi connectivity index (χ0n) is 14.8. The molecule has 0 aliphatic heterocycles. The number of ketones is 1. The van der Waals surface area contributed by atoms with Crippen molar-refractivity contribution < 1.29 is 38.3 Å². The molecule has 0 spiro atoms. The summed E-state index contributed by atoms with van der Waals surface area (Å²) in [4.78, 5) is 60.7. The van der Waals surface area contributed by atoms with E-state index in [2.05, 4.69) is 5.32 Å². The Morgan fingerprint density at radius 3 is 1.83 bits per heavy atom. The number of amides is 1. The molecule has 0 aliphatic rings. The summed E-state index contributed by atoms with van der Waals surface area (Å²) in [6.07, 6.45) is -1.13. The Morgan fingerprint density at radius 1 is 0.862 bits per heavy atom. The maximum Gasteiger partial charge on any atom is 0.340 e.